The second-order valence-corrected chi connectivity index (χ2v) is 5.62. The maximum atomic E-state index is 12.5. The molecular formula is C19H16ClNO. The van der Waals surface area contributed by atoms with Crippen LogP contribution in [0.3, 0.4) is 0 Å². The van der Waals surface area contributed by atoms with Crippen molar-refractivity contribution in [2.24, 2.45) is 5.92 Å². The molecule has 3 heteroatoms. The molecule has 0 saturated carbocycles. The molecular weight excluding hydrogens is 294 g/mol. The Morgan fingerprint density at radius 1 is 1.05 bits per heavy atom. The van der Waals surface area contributed by atoms with E-state index in [0.29, 0.717) is 5.02 Å². The summed E-state index contributed by atoms with van der Waals surface area (Å²) in [6.07, 6.45) is 5.44. The molecule has 1 saturated heterocycles. The van der Waals surface area contributed by atoms with Gasteiger partial charge in [-0.25, -0.2) is 0 Å². The number of carbonyl (C=O) groups is 1. The molecule has 1 aliphatic rings. The van der Waals surface area contributed by atoms with Crippen molar-refractivity contribution >= 4 is 23.2 Å². The summed E-state index contributed by atoms with van der Waals surface area (Å²) in [7, 11) is 0. The summed E-state index contributed by atoms with van der Waals surface area (Å²) < 4.78 is 0. The summed E-state index contributed by atoms with van der Waals surface area (Å²) in [5.74, 6) is -0.0645. The summed E-state index contributed by atoms with van der Waals surface area (Å²) >= 11 is 5.94. The van der Waals surface area contributed by atoms with Crippen LogP contribution >= 0.6 is 11.6 Å². The first-order valence-electron chi connectivity index (χ1n) is 7.15. The number of hydrogen-bond acceptors (Lipinski definition) is 1. The zero-order valence-electron chi connectivity index (χ0n) is 12.0. The van der Waals surface area contributed by atoms with Crippen molar-refractivity contribution in [3.05, 3.63) is 90.0 Å². The van der Waals surface area contributed by atoms with E-state index in [1.807, 2.05) is 47.4 Å². The fourth-order valence-corrected chi connectivity index (χ4v) is 2.92. The Balaban J connectivity index is 1.98. The fourth-order valence-electron chi connectivity index (χ4n) is 2.79. The highest BCUT2D eigenvalue weighted by molar-refractivity contribution is 6.30. The van der Waals surface area contributed by atoms with Crippen molar-refractivity contribution < 1.29 is 4.79 Å². The molecule has 1 aliphatic heterocycles. The molecule has 22 heavy (non-hydrogen) atoms. The largest absolute Gasteiger partial charge is 0.303 e. The van der Waals surface area contributed by atoms with Crippen molar-refractivity contribution in [3.63, 3.8) is 0 Å². The Morgan fingerprint density at radius 3 is 2.36 bits per heavy atom. The highest BCUT2D eigenvalue weighted by Crippen LogP contribution is 2.44. The quantitative estimate of drug-likeness (QED) is 0.587. The number of carbonyl (C=O) groups excluding carboxylic acids is 1. The lowest BCUT2D eigenvalue weighted by Gasteiger charge is -2.46. The number of anilines is 1. The standard InChI is InChI=1S/C19H16ClNO/c1-2-3-9-17-18(14-7-5-4-6-8-14)21(19(17)22)16-12-10-15(20)11-13-16/h2-13,17-18H,1H2/b9-3+/t17-,18-/m1/s1. The molecule has 3 rings (SSSR count). The van der Waals surface area contributed by atoms with Crippen LogP contribution in [0.1, 0.15) is 11.6 Å². The van der Waals surface area contributed by atoms with Gasteiger partial charge >= 0.3 is 0 Å². The van der Waals surface area contributed by atoms with Crippen LogP contribution < -0.4 is 4.90 Å². The molecule has 2 atom stereocenters. The molecule has 0 unspecified atom stereocenters. The molecule has 0 spiro atoms. The van der Waals surface area contributed by atoms with Gasteiger partial charge in [-0.3, -0.25) is 4.79 Å². The lowest BCUT2D eigenvalue weighted by atomic mass is 9.81. The first-order chi connectivity index (χ1) is 10.7. The van der Waals surface area contributed by atoms with Crippen LogP contribution in [0.2, 0.25) is 5.02 Å². The highest BCUT2D eigenvalue weighted by atomic mass is 35.5. The normalized spacial score (nSPS) is 21.0. The molecule has 0 aliphatic carbocycles. The molecule has 0 bridgehead atoms. The van der Waals surface area contributed by atoms with Crippen LogP contribution in [0, 0.1) is 5.92 Å². The molecule has 0 aromatic heterocycles. The molecule has 0 radical (unpaired) electrons. The van der Waals surface area contributed by atoms with Gasteiger partial charge in [-0.15, -0.1) is 0 Å². The van der Waals surface area contributed by atoms with E-state index in [1.54, 1.807) is 18.2 Å². The van der Waals surface area contributed by atoms with Gasteiger partial charge in [-0.05, 0) is 29.8 Å². The fraction of sp³-hybridized carbons (Fsp3) is 0.105. The predicted octanol–water partition coefficient (Wildman–Crippen LogP) is 4.79. The van der Waals surface area contributed by atoms with E-state index in [9.17, 15) is 4.79 Å². The minimum atomic E-state index is -0.156. The molecule has 2 aromatic carbocycles. The average Bonchev–Trinajstić information content (AvgIpc) is 2.55. The molecule has 1 heterocycles. The summed E-state index contributed by atoms with van der Waals surface area (Å²) in [5.41, 5.74) is 1.99. The second kappa shape index (κ2) is 6.20. The van der Waals surface area contributed by atoms with Crippen molar-refractivity contribution in [3.8, 4) is 0 Å². The van der Waals surface area contributed by atoms with Gasteiger partial charge in [-0.1, -0.05) is 66.7 Å². The predicted molar refractivity (Wildman–Crippen MR) is 90.9 cm³/mol. The van der Waals surface area contributed by atoms with Gasteiger partial charge in [0.1, 0.15) is 0 Å². The van der Waals surface area contributed by atoms with Gasteiger partial charge in [0.25, 0.3) is 0 Å². The van der Waals surface area contributed by atoms with Gasteiger partial charge in [-0.2, -0.15) is 0 Å². The Hall–Kier alpha value is -2.32. The van der Waals surface area contributed by atoms with Crippen molar-refractivity contribution in [1.82, 2.24) is 0 Å². The Morgan fingerprint density at radius 2 is 1.73 bits per heavy atom. The zero-order valence-corrected chi connectivity index (χ0v) is 12.8. The summed E-state index contributed by atoms with van der Waals surface area (Å²) in [4.78, 5) is 14.4. The topological polar surface area (TPSA) is 20.3 Å². The third kappa shape index (κ3) is 2.58. The van der Waals surface area contributed by atoms with Gasteiger partial charge in [0, 0.05) is 10.7 Å². The van der Waals surface area contributed by atoms with Crippen LogP contribution in [0.4, 0.5) is 5.69 Å². The van der Waals surface area contributed by atoms with Crippen LogP contribution in [0.25, 0.3) is 0 Å². The third-order valence-electron chi connectivity index (χ3n) is 3.84. The van der Waals surface area contributed by atoms with E-state index in [4.69, 9.17) is 11.6 Å². The first kappa shape index (κ1) is 14.6. The average molecular weight is 310 g/mol. The van der Waals surface area contributed by atoms with Crippen molar-refractivity contribution in [2.75, 3.05) is 4.90 Å². The Kier molecular flexibility index (Phi) is 4.12. The van der Waals surface area contributed by atoms with E-state index in [1.165, 1.54) is 0 Å². The second-order valence-electron chi connectivity index (χ2n) is 5.19. The lowest BCUT2D eigenvalue weighted by Crippen LogP contribution is -2.54. The maximum Gasteiger partial charge on any atom is 0.236 e. The van der Waals surface area contributed by atoms with Gasteiger partial charge < -0.3 is 4.90 Å². The number of benzene rings is 2. The number of rotatable bonds is 4. The number of hydrogen-bond donors (Lipinski definition) is 0. The monoisotopic (exact) mass is 309 g/mol. The number of halogens is 1. The Labute approximate surface area is 135 Å². The summed E-state index contributed by atoms with van der Waals surface area (Å²) in [6.45, 7) is 3.67. The highest BCUT2D eigenvalue weighted by Gasteiger charge is 2.47. The number of allylic oxidation sites excluding steroid dienone is 2. The van der Waals surface area contributed by atoms with Crippen LogP contribution in [0.5, 0.6) is 0 Å². The number of β-lactam (4-membered cyclic amide) rings is 1. The Bertz CT molecular complexity index is 706. The molecule has 0 N–H and O–H groups in total. The van der Waals surface area contributed by atoms with Crippen LogP contribution in [-0.4, -0.2) is 5.91 Å². The maximum absolute atomic E-state index is 12.5. The van der Waals surface area contributed by atoms with Crippen LogP contribution in [0.15, 0.2) is 79.4 Å². The van der Waals surface area contributed by atoms with E-state index < -0.39 is 0 Å². The summed E-state index contributed by atoms with van der Waals surface area (Å²) in [5, 5.41) is 0.663. The van der Waals surface area contributed by atoms with E-state index >= 15 is 0 Å². The molecule has 2 aromatic rings. The van der Waals surface area contributed by atoms with E-state index in [0.717, 1.165) is 11.3 Å². The van der Waals surface area contributed by atoms with Crippen molar-refractivity contribution in [1.29, 1.82) is 0 Å². The van der Waals surface area contributed by atoms with Crippen LogP contribution in [-0.2, 0) is 4.79 Å². The first-order valence-corrected chi connectivity index (χ1v) is 7.53. The van der Waals surface area contributed by atoms with E-state index in [-0.39, 0.29) is 17.9 Å². The molecule has 2 nitrogen and oxygen atoms in total. The van der Waals surface area contributed by atoms with Gasteiger partial charge in [0.2, 0.25) is 5.91 Å². The minimum absolute atomic E-state index is 0.00563. The number of amides is 1. The smallest absolute Gasteiger partial charge is 0.236 e. The zero-order chi connectivity index (χ0) is 15.5. The third-order valence-corrected chi connectivity index (χ3v) is 4.09. The van der Waals surface area contributed by atoms with Gasteiger partial charge in [0.05, 0.1) is 12.0 Å². The van der Waals surface area contributed by atoms with Gasteiger partial charge in [0.15, 0.2) is 0 Å². The van der Waals surface area contributed by atoms with Crippen molar-refractivity contribution in [2.45, 2.75) is 6.04 Å². The minimum Gasteiger partial charge on any atom is -0.303 e. The molecule has 1 amide bonds. The molecule has 110 valence electrons. The number of nitrogens with zero attached hydrogens (tertiary/aromatic N) is 1. The lowest BCUT2D eigenvalue weighted by molar-refractivity contribution is -0.128. The van der Waals surface area contributed by atoms with E-state index in [2.05, 4.69) is 18.7 Å². The molecule has 1 fully saturated rings. The summed E-state index contributed by atoms with van der Waals surface area (Å²) in [6, 6.07) is 17.4. The SMILES string of the molecule is C=C/C=C/[C@H]1C(=O)N(c2ccc(Cl)cc2)[C@@H]1c1ccccc1.